The maximum Gasteiger partial charge on any atom is 0.134 e. The lowest BCUT2D eigenvalue weighted by molar-refractivity contribution is 0.503. The average molecular weight is 243 g/mol. The number of hydrogen-bond donors (Lipinski definition) is 1. The third kappa shape index (κ3) is 3.02. The van der Waals surface area contributed by atoms with Gasteiger partial charge in [-0.3, -0.25) is 0 Å². The summed E-state index contributed by atoms with van der Waals surface area (Å²) in [5, 5.41) is 0. The predicted molar refractivity (Wildman–Crippen MR) is 75.5 cm³/mol. The van der Waals surface area contributed by atoms with E-state index < -0.39 is 0 Å². The molecule has 96 valence electrons. The van der Waals surface area contributed by atoms with Crippen molar-refractivity contribution < 1.29 is 4.42 Å². The molecule has 2 N–H and O–H groups in total. The Morgan fingerprint density at radius 3 is 2.67 bits per heavy atom. The van der Waals surface area contributed by atoms with Gasteiger partial charge in [-0.15, -0.1) is 0 Å². The molecule has 2 nitrogen and oxygen atoms in total. The van der Waals surface area contributed by atoms with Crippen LogP contribution in [-0.4, -0.2) is 6.04 Å². The van der Waals surface area contributed by atoms with E-state index in [9.17, 15) is 0 Å². The van der Waals surface area contributed by atoms with E-state index in [1.165, 1.54) is 11.1 Å². The Hall–Kier alpha value is -1.54. The van der Waals surface area contributed by atoms with Crippen LogP contribution in [0, 0.1) is 0 Å². The summed E-state index contributed by atoms with van der Waals surface area (Å²) < 4.78 is 5.89. The van der Waals surface area contributed by atoms with Crippen molar-refractivity contribution in [2.24, 2.45) is 5.73 Å². The molecule has 0 aliphatic carbocycles. The molecule has 1 aromatic carbocycles. The van der Waals surface area contributed by atoms with E-state index in [1.807, 2.05) is 19.1 Å². The first kappa shape index (κ1) is 12.9. The molecular formula is C16H21NO. The van der Waals surface area contributed by atoms with Gasteiger partial charge in [-0.05, 0) is 31.0 Å². The first-order chi connectivity index (χ1) is 8.70. The predicted octanol–water partition coefficient (Wildman–Crippen LogP) is 3.79. The lowest BCUT2D eigenvalue weighted by atomic mass is 10.0. The van der Waals surface area contributed by atoms with Gasteiger partial charge in [0.25, 0.3) is 0 Å². The molecule has 0 saturated carbocycles. The van der Waals surface area contributed by atoms with Crippen LogP contribution in [0.5, 0.6) is 0 Å². The fourth-order valence-corrected chi connectivity index (χ4v) is 2.20. The van der Waals surface area contributed by atoms with Crippen molar-refractivity contribution in [3.8, 4) is 11.3 Å². The minimum absolute atomic E-state index is 0.134. The highest BCUT2D eigenvalue weighted by atomic mass is 16.3. The molecule has 0 fully saturated rings. The fraction of sp³-hybridized carbons (Fsp3) is 0.375. The number of rotatable bonds is 5. The minimum Gasteiger partial charge on any atom is -0.461 e. The van der Waals surface area contributed by atoms with Crippen molar-refractivity contribution in [2.45, 2.75) is 39.2 Å². The average Bonchev–Trinajstić information content (AvgIpc) is 2.77. The number of nitrogens with two attached hydrogens (primary N) is 1. The molecule has 0 bridgehead atoms. The van der Waals surface area contributed by atoms with Gasteiger partial charge in [-0.25, -0.2) is 0 Å². The van der Waals surface area contributed by atoms with Crippen LogP contribution < -0.4 is 5.73 Å². The number of benzene rings is 1. The molecule has 0 amide bonds. The van der Waals surface area contributed by atoms with Crippen molar-refractivity contribution in [1.82, 2.24) is 0 Å². The standard InChI is InChI=1S/C16H21NO/c1-3-6-13-7-4-5-8-15(13)16-10-9-14(18-16)11-12(2)17/h4-5,7-10,12H,3,6,11,17H2,1-2H3. The lowest BCUT2D eigenvalue weighted by Gasteiger charge is -2.06. The van der Waals surface area contributed by atoms with E-state index in [1.54, 1.807) is 0 Å². The Labute approximate surface area is 109 Å². The molecular weight excluding hydrogens is 222 g/mol. The van der Waals surface area contributed by atoms with Crippen molar-refractivity contribution in [3.63, 3.8) is 0 Å². The van der Waals surface area contributed by atoms with Gasteiger partial charge in [-0.1, -0.05) is 37.6 Å². The molecule has 18 heavy (non-hydrogen) atoms. The molecule has 0 aliphatic rings. The van der Waals surface area contributed by atoms with Crippen molar-refractivity contribution in [1.29, 1.82) is 0 Å². The summed E-state index contributed by atoms with van der Waals surface area (Å²) in [7, 11) is 0. The molecule has 1 heterocycles. The molecule has 0 saturated heterocycles. The normalized spacial score (nSPS) is 12.6. The van der Waals surface area contributed by atoms with Gasteiger partial charge in [0.2, 0.25) is 0 Å². The zero-order valence-electron chi connectivity index (χ0n) is 11.1. The maximum absolute atomic E-state index is 5.89. The molecule has 1 atom stereocenters. The largest absolute Gasteiger partial charge is 0.461 e. The van der Waals surface area contributed by atoms with Gasteiger partial charge in [0.05, 0.1) is 0 Å². The van der Waals surface area contributed by atoms with E-state index in [0.29, 0.717) is 0 Å². The molecule has 1 aromatic heterocycles. The molecule has 2 rings (SSSR count). The van der Waals surface area contributed by atoms with Crippen LogP contribution >= 0.6 is 0 Å². The zero-order chi connectivity index (χ0) is 13.0. The summed E-state index contributed by atoms with van der Waals surface area (Å²) in [6.45, 7) is 4.19. The van der Waals surface area contributed by atoms with Gasteiger partial charge >= 0.3 is 0 Å². The fourth-order valence-electron chi connectivity index (χ4n) is 2.20. The summed E-state index contributed by atoms with van der Waals surface area (Å²) >= 11 is 0. The van der Waals surface area contributed by atoms with Crippen LogP contribution in [0.1, 0.15) is 31.6 Å². The Balaban J connectivity index is 2.28. The molecule has 0 radical (unpaired) electrons. The van der Waals surface area contributed by atoms with E-state index in [0.717, 1.165) is 30.8 Å². The second-order valence-corrected chi connectivity index (χ2v) is 4.85. The number of furan rings is 1. The summed E-state index contributed by atoms with van der Waals surface area (Å²) in [5.41, 5.74) is 8.34. The number of aryl methyl sites for hydroxylation is 1. The van der Waals surface area contributed by atoms with E-state index in [-0.39, 0.29) is 6.04 Å². The first-order valence-electron chi connectivity index (χ1n) is 6.63. The van der Waals surface area contributed by atoms with Crippen LogP contribution in [0.4, 0.5) is 0 Å². The maximum atomic E-state index is 5.89. The van der Waals surface area contributed by atoms with E-state index in [2.05, 4.69) is 31.2 Å². The highest BCUT2D eigenvalue weighted by Gasteiger charge is 2.09. The number of hydrogen-bond acceptors (Lipinski definition) is 2. The molecule has 2 aromatic rings. The Kier molecular flexibility index (Phi) is 4.21. The van der Waals surface area contributed by atoms with Crippen LogP contribution in [0.25, 0.3) is 11.3 Å². The Morgan fingerprint density at radius 2 is 1.94 bits per heavy atom. The van der Waals surface area contributed by atoms with Crippen LogP contribution in [0.3, 0.4) is 0 Å². The Bertz CT molecular complexity index is 499. The summed E-state index contributed by atoms with van der Waals surface area (Å²) in [6.07, 6.45) is 3.01. The van der Waals surface area contributed by atoms with Crippen LogP contribution in [0.15, 0.2) is 40.8 Å². The molecule has 0 aliphatic heterocycles. The molecule has 2 heteroatoms. The minimum atomic E-state index is 0.134. The third-order valence-electron chi connectivity index (χ3n) is 2.99. The van der Waals surface area contributed by atoms with Gasteiger partial charge < -0.3 is 10.2 Å². The van der Waals surface area contributed by atoms with Crippen molar-refractivity contribution in [2.75, 3.05) is 0 Å². The van der Waals surface area contributed by atoms with Gasteiger partial charge in [-0.2, -0.15) is 0 Å². The van der Waals surface area contributed by atoms with Gasteiger partial charge in [0, 0.05) is 18.0 Å². The second kappa shape index (κ2) is 5.87. The Morgan fingerprint density at radius 1 is 1.17 bits per heavy atom. The van der Waals surface area contributed by atoms with Crippen LogP contribution in [-0.2, 0) is 12.8 Å². The molecule has 1 unspecified atom stereocenters. The highest BCUT2D eigenvalue weighted by molar-refractivity contribution is 5.62. The summed E-state index contributed by atoms with van der Waals surface area (Å²) in [5.74, 6) is 1.92. The quantitative estimate of drug-likeness (QED) is 0.867. The van der Waals surface area contributed by atoms with Crippen LogP contribution in [0.2, 0.25) is 0 Å². The van der Waals surface area contributed by atoms with E-state index in [4.69, 9.17) is 10.2 Å². The second-order valence-electron chi connectivity index (χ2n) is 4.85. The summed E-state index contributed by atoms with van der Waals surface area (Å²) in [4.78, 5) is 0. The summed E-state index contributed by atoms with van der Waals surface area (Å²) in [6, 6.07) is 12.7. The zero-order valence-corrected chi connectivity index (χ0v) is 11.1. The van der Waals surface area contributed by atoms with E-state index >= 15 is 0 Å². The molecule has 0 spiro atoms. The van der Waals surface area contributed by atoms with Gasteiger partial charge in [0.15, 0.2) is 0 Å². The topological polar surface area (TPSA) is 39.2 Å². The van der Waals surface area contributed by atoms with Crippen molar-refractivity contribution in [3.05, 3.63) is 47.7 Å². The van der Waals surface area contributed by atoms with Gasteiger partial charge in [0.1, 0.15) is 11.5 Å². The smallest absolute Gasteiger partial charge is 0.134 e. The first-order valence-corrected chi connectivity index (χ1v) is 6.63. The third-order valence-corrected chi connectivity index (χ3v) is 2.99. The SMILES string of the molecule is CCCc1ccccc1-c1ccc(CC(C)N)o1. The lowest BCUT2D eigenvalue weighted by Crippen LogP contribution is -2.17. The van der Waals surface area contributed by atoms with Crippen molar-refractivity contribution >= 4 is 0 Å². The highest BCUT2D eigenvalue weighted by Crippen LogP contribution is 2.27. The monoisotopic (exact) mass is 243 g/mol.